The number of nitrogens with one attached hydrogen (secondary N) is 1. The van der Waals surface area contributed by atoms with E-state index in [9.17, 15) is 17.6 Å². The zero-order chi connectivity index (χ0) is 30.6. The Labute approximate surface area is 249 Å². The predicted molar refractivity (Wildman–Crippen MR) is 162 cm³/mol. The Kier molecular flexibility index (Phi) is 6.94. The molecule has 0 bridgehead atoms. The Hall–Kier alpha value is -4.74. The molecule has 218 valence electrons. The number of furan rings is 1. The van der Waals surface area contributed by atoms with E-state index in [0.717, 1.165) is 10.6 Å². The van der Waals surface area contributed by atoms with Crippen LogP contribution in [0.15, 0.2) is 81.6 Å². The summed E-state index contributed by atoms with van der Waals surface area (Å²) in [5.41, 5.74) is 2.73. The van der Waals surface area contributed by atoms with Crippen LogP contribution in [0.4, 0.5) is 14.5 Å². The molecule has 0 unspecified atom stereocenters. The lowest BCUT2D eigenvalue weighted by Crippen LogP contribution is -2.25. The highest BCUT2D eigenvalue weighted by Crippen LogP contribution is 2.42. The summed E-state index contributed by atoms with van der Waals surface area (Å²) < 4.78 is 67.2. The molecular weight excluding hydrogens is 600 g/mol. The molecule has 0 radical (unpaired) electrons. The van der Waals surface area contributed by atoms with Crippen LogP contribution in [0.3, 0.4) is 0 Å². The number of rotatable bonds is 6. The van der Waals surface area contributed by atoms with Gasteiger partial charge in [0.2, 0.25) is 15.9 Å². The van der Waals surface area contributed by atoms with Crippen LogP contribution < -0.4 is 9.62 Å². The number of benzene rings is 4. The van der Waals surface area contributed by atoms with E-state index in [2.05, 4.69) is 10.3 Å². The van der Waals surface area contributed by atoms with Gasteiger partial charge in [-0.2, -0.15) is 0 Å². The first kappa shape index (κ1) is 28.4. The summed E-state index contributed by atoms with van der Waals surface area (Å²) in [4.78, 5) is 17.6. The minimum atomic E-state index is -3.80. The van der Waals surface area contributed by atoms with Gasteiger partial charge >= 0.3 is 0 Å². The van der Waals surface area contributed by atoms with E-state index in [4.69, 9.17) is 20.4 Å². The molecule has 0 saturated carbocycles. The van der Waals surface area contributed by atoms with Gasteiger partial charge in [-0.15, -0.1) is 0 Å². The summed E-state index contributed by atoms with van der Waals surface area (Å²) in [5, 5.41) is 3.38. The zero-order valence-electron chi connectivity index (χ0n) is 22.9. The molecule has 0 aliphatic carbocycles. The minimum absolute atomic E-state index is 0.130. The Balaban J connectivity index is 1.62. The first-order valence-corrected chi connectivity index (χ1v) is 15.1. The van der Waals surface area contributed by atoms with E-state index in [1.165, 1.54) is 56.6 Å². The first-order chi connectivity index (χ1) is 20.4. The fourth-order valence-electron chi connectivity index (χ4n) is 4.85. The lowest BCUT2D eigenvalue weighted by atomic mass is 9.97. The topological polar surface area (TPSA) is 106 Å². The Morgan fingerprint density at radius 3 is 2.30 bits per heavy atom. The first-order valence-electron chi connectivity index (χ1n) is 12.8. The van der Waals surface area contributed by atoms with E-state index >= 15 is 4.39 Å². The van der Waals surface area contributed by atoms with Gasteiger partial charge in [0, 0.05) is 47.3 Å². The molecule has 8 nitrogen and oxygen atoms in total. The van der Waals surface area contributed by atoms with Gasteiger partial charge in [-0.05, 0) is 72.3 Å². The summed E-state index contributed by atoms with van der Waals surface area (Å²) in [6.07, 6.45) is 1.03. The third-order valence-corrected chi connectivity index (χ3v) is 8.44. The van der Waals surface area contributed by atoms with Crippen LogP contribution in [0.25, 0.3) is 56.0 Å². The Bertz CT molecular complexity index is 2180. The maximum atomic E-state index is 15.2. The number of oxazole rings is 1. The van der Waals surface area contributed by atoms with Gasteiger partial charge in [0.1, 0.15) is 28.5 Å². The van der Waals surface area contributed by atoms with Crippen molar-refractivity contribution in [1.29, 1.82) is 0 Å². The summed E-state index contributed by atoms with van der Waals surface area (Å²) in [6, 6.07) is 17.5. The van der Waals surface area contributed by atoms with Crippen molar-refractivity contribution < 1.29 is 30.8 Å². The van der Waals surface area contributed by atoms with E-state index < -0.39 is 27.6 Å². The van der Waals surface area contributed by atoms with Gasteiger partial charge in [-0.25, -0.2) is 22.2 Å². The SMILES string of the molecule is CNC(=O)c1c(-c2ccc(F)cc2)oc2cc(N(C)S(C)(=O)=O)c(-c3cc(F)cc(-c4nc5cc(Cl)ccc5o4)c3)cc12. The Morgan fingerprint density at radius 2 is 1.60 bits per heavy atom. The lowest BCUT2D eigenvalue weighted by molar-refractivity contribution is 0.0964. The molecular formula is C31H22ClF2N3O5S. The molecule has 1 N–H and O–H groups in total. The molecule has 0 atom stereocenters. The number of amides is 1. The molecule has 2 heterocycles. The summed E-state index contributed by atoms with van der Waals surface area (Å²) >= 11 is 6.08. The zero-order valence-corrected chi connectivity index (χ0v) is 24.5. The maximum absolute atomic E-state index is 15.2. The third kappa shape index (κ3) is 5.21. The molecule has 12 heteroatoms. The van der Waals surface area contributed by atoms with E-state index in [1.54, 1.807) is 30.3 Å². The number of aromatic nitrogens is 1. The summed E-state index contributed by atoms with van der Waals surface area (Å²) in [7, 11) is -0.988. The Morgan fingerprint density at radius 1 is 0.884 bits per heavy atom. The third-order valence-electron chi connectivity index (χ3n) is 7.01. The molecule has 4 aromatic carbocycles. The molecule has 6 rings (SSSR count). The standard InChI is InChI=1S/C31H22ClF2N3O5S/c1-35-30(38)28-23-14-22(17-10-18(12-21(34)11-17)31-36-24-13-19(32)6-9-26(24)42-31)25(37(2)43(3,39)40)15-27(23)41-29(28)16-4-7-20(33)8-5-16/h4-15H,1-3H3,(H,35,38). The smallest absolute Gasteiger partial charge is 0.255 e. The van der Waals surface area contributed by atoms with Crippen LogP contribution >= 0.6 is 11.6 Å². The van der Waals surface area contributed by atoms with Gasteiger partial charge in [0.25, 0.3) is 5.91 Å². The number of fused-ring (bicyclic) bond motifs is 2. The highest BCUT2D eigenvalue weighted by molar-refractivity contribution is 7.92. The molecule has 0 saturated heterocycles. The second kappa shape index (κ2) is 10.5. The van der Waals surface area contributed by atoms with Crippen LogP contribution in [0.5, 0.6) is 0 Å². The molecule has 0 aliphatic rings. The molecule has 0 aliphatic heterocycles. The van der Waals surface area contributed by atoms with E-state index in [1.807, 2.05) is 0 Å². The number of carbonyl (C=O) groups excluding carboxylic acids is 1. The van der Waals surface area contributed by atoms with Crippen molar-refractivity contribution >= 4 is 55.3 Å². The highest BCUT2D eigenvalue weighted by Gasteiger charge is 2.26. The number of carbonyl (C=O) groups is 1. The summed E-state index contributed by atoms with van der Waals surface area (Å²) in [6.45, 7) is 0. The molecule has 0 spiro atoms. The predicted octanol–water partition coefficient (Wildman–Crippen LogP) is 7.26. The number of sulfonamides is 1. The number of nitrogens with zero attached hydrogens (tertiary/aromatic N) is 2. The normalized spacial score (nSPS) is 11.8. The lowest BCUT2D eigenvalue weighted by Gasteiger charge is -2.21. The number of halogens is 3. The second-order valence-electron chi connectivity index (χ2n) is 9.85. The van der Waals surface area contributed by atoms with Crippen LogP contribution in [-0.2, 0) is 10.0 Å². The minimum Gasteiger partial charge on any atom is -0.455 e. The van der Waals surface area contributed by atoms with Crippen LogP contribution in [0, 0.1) is 11.6 Å². The summed E-state index contributed by atoms with van der Waals surface area (Å²) in [5.74, 6) is -1.30. The number of hydrogen-bond donors (Lipinski definition) is 1. The fraction of sp³-hybridized carbons (Fsp3) is 0.0968. The van der Waals surface area contributed by atoms with Crippen molar-refractivity contribution in [2.75, 3.05) is 24.7 Å². The second-order valence-corrected chi connectivity index (χ2v) is 12.3. The molecule has 2 aromatic heterocycles. The fourth-order valence-corrected chi connectivity index (χ4v) is 5.52. The molecule has 43 heavy (non-hydrogen) atoms. The van der Waals surface area contributed by atoms with Crippen molar-refractivity contribution in [3.63, 3.8) is 0 Å². The van der Waals surface area contributed by atoms with Crippen LogP contribution in [0.1, 0.15) is 10.4 Å². The largest absolute Gasteiger partial charge is 0.455 e. The average molecular weight is 622 g/mol. The molecule has 6 aromatic rings. The number of hydrogen-bond acceptors (Lipinski definition) is 6. The van der Waals surface area contributed by atoms with Crippen LogP contribution in [0.2, 0.25) is 5.02 Å². The van der Waals surface area contributed by atoms with Crippen molar-refractivity contribution in [3.8, 4) is 33.9 Å². The van der Waals surface area contributed by atoms with Gasteiger partial charge < -0.3 is 14.2 Å². The van der Waals surface area contributed by atoms with Gasteiger partial charge in [-0.3, -0.25) is 9.10 Å². The van der Waals surface area contributed by atoms with Gasteiger partial charge in [0.05, 0.1) is 17.5 Å². The number of anilines is 1. The van der Waals surface area contributed by atoms with Crippen molar-refractivity contribution in [2.45, 2.75) is 0 Å². The van der Waals surface area contributed by atoms with E-state index in [0.29, 0.717) is 32.6 Å². The quantitative estimate of drug-likeness (QED) is 0.210. The highest BCUT2D eigenvalue weighted by atomic mass is 35.5. The van der Waals surface area contributed by atoms with Crippen molar-refractivity contribution in [2.24, 2.45) is 0 Å². The van der Waals surface area contributed by atoms with Gasteiger partial charge in [-0.1, -0.05) is 11.6 Å². The van der Waals surface area contributed by atoms with E-state index in [-0.39, 0.29) is 39.6 Å². The maximum Gasteiger partial charge on any atom is 0.255 e. The van der Waals surface area contributed by atoms with Crippen LogP contribution in [-0.4, -0.2) is 39.7 Å². The van der Waals surface area contributed by atoms with Crippen molar-refractivity contribution in [1.82, 2.24) is 10.3 Å². The average Bonchev–Trinajstić information content (AvgIpc) is 3.56. The van der Waals surface area contributed by atoms with Gasteiger partial charge in [0.15, 0.2) is 5.58 Å². The monoisotopic (exact) mass is 621 g/mol. The van der Waals surface area contributed by atoms with Crippen molar-refractivity contribution in [3.05, 3.63) is 95.0 Å². The molecule has 0 fully saturated rings. The molecule has 1 amide bonds.